The van der Waals surface area contributed by atoms with Gasteiger partial charge < -0.3 is 26.0 Å². The van der Waals surface area contributed by atoms with Crippen molar-refractivity contribution in [3.8, 4) is 5.75 Å². The lowest BCUT2D eigenvalue weighted by molar-refractivity contribution is -0.135. The van der Waals surface area contributed by atoms with Gasteiger partial charge in [0.25, 0.3) is 0 Å². The van der Waals surface area contributed by atoms with Crippen LogP contribution in [0.15, 0.2) is 30.5 Å². The molecule has 2 aliphatic heterocycles. The number of fused-ring (bicyclic) bond motifs is 10. The molecule has 35 heavy (non-hydrogen) atoms. The van der Waals surface area contributed by atoms with Gasteiger partial charge in [0.2, 0.25) is 17.7 Å². The van der Waals surface area contributed by atoms with E-state index in [2.05, 4.69) is 21.3 Å². The number of benzene rings is 1. The number of carbonyl (C=O) groups excluding carboxylic acids is 3. The number of amides is 3. The molecule has 194 valence electrons. The van der Waals surface area contributed by atoms with Crippen molar-refractivity contribution in [2.75, 3.05) is 7.05 Å². The number of rotatable bonds is 8. The van der Waals surface area contributed by atoms with Crippen LogP contribution in [0.1, 0.15) is 59.9 Å². The molecule has 2 bridgehead atoms. The van der Waals surface area contributed by atoms with Gasteiger partial charge in [0.05, 0.1) is 6.04 Å². The lowest BCUT2D eigenvalue weighted by atomic mass is 9.94. The summed E-state index contributed by atoms with van der Waals surface area (Å²) in [6.45, 7) is 11.9. The quantitative estimate of drug-likeness (QED) is 0.452. The van der Waals surface area contributed by atoms with Gasteiger partial charge in [-0.2, -0.15) is 0 Å². The Morgan fingerprint density at radius 3 is 2.26 bits per heavy atom. The van der Waals surface area contributed by atoms with E-state index < -0.39 is 30.1 Å². The first kappa shape index (κ1) is 28.4. The van der Waals surface area contributed by atoms with Crippen LogP contribution in [0.5, 0.6) is 5.75 Å². The molecule has 3 rings (SSSR count). The first-order valence-corrected chi connectivity index (χ1v) is 12.6. The molecule has 8 heteroatoms. The van der Waals surface area contributed by atoms with Gasteiger partial charge in [0.15, 0.2) is 0 Å². The molecule has 1 aromatic carbocycles. The van der Waals surface area contributed by atoms with E-state index in [1.54, 1.807) is 19.3 Å². The van der Waals surface area contributed by atoms with Gasteiger partial charge >= 0.3 is 0 Å². The van der Waals surface area contributed by atoms with E-state index in [0.717, 1.165) is 12.0 Å². The van der Waals surface area contributed by atoms with Crippen molar-refractivity contribution in [2.24, 2.45) is 17.8 Å². The summed E-state index contributed by atoms with van der Waals surface area (Å²) in [6.07, 6.45) is 3.97. The minimum Gasteiger partial charge on any atom is -0.487 e. The molecule has 0 spiro atoms. The summed E-state index contributed by atoms with van der Waals surface area (Å²) in [5.74, 6) is -0.303. The van der Waals surface area contributed by atoms with E-state index in [1.807, 2.05) is 65.8 Å². The zero-order valence-electron chi connectivity index (χ0n) is 22.1. The summed E-state index contributed by atoms with van der Waals surface area (Å²) in [5, 5.41) is 11.7. The second-order valence-electron chi connectivity index (χ2n) is 10.1. The van der Waals surface area contributed by atoms with Crippen molar-refractivity contribution in [2.45, 2.75) is 78.6 Å². The van der Waals surface area contributed by atoms with E-state index in [4.69, 9.17) is 4.74 Å². The maximum absolute atomic E-state index is 13.7. The fraction of sp³-hybridized carbons (Fsp3) is 0.593. The Balaban J connectivity index is 2.50. The molecule has 3 amide bonds. The number of carbonyl (C=O) groups is 3. The van der Waals surface area contributed by atoms with Gasteiger partial charge in [-0.3, -0.25) is 14.4 Å². The predicted molar refractivity (Wildman–Crippen MR) is 138 cm³/mol. The smallest absolute Gasteiger partial charge is 0.247 e. The predicted octanol–water partition coefficient (Wildman–Crippen LogP) is 2.84. The highest BCUT2D eigenvalue weighted by atomic mass is 16.5. The molecule has 0 aliphatic carbocycles. The molecular formula is C27H42N4O4. The molecule has 0 saturated heterocycles. The second-order valence-corrected chi connectivity index (χ2v) is 10.1. The molecule has 0 radical (unpaired) electrons. The van der Waals surface area contributed by atoms with Crippen LogP contribution < -0.4 is 26.0 Å². The summed E-state index contributed by atoms with van der Waals surface area (Å²) in [4.78, 5) is 39.9. The molecule has 2 heterocycles. The lowest BCUT2D eigenvalue weighted by Gasteiger charge is -2.33. The number of hydrogen-bond donors (Lipinski definition) is 4. The Hall–Kier alpha value is -2.87. The van der Waals surface area contributed by atoms with E-state index in [1.165, 1.54) is 0 Å². The molecule has 0 aromatic heterocycles. The Morgan fingerprint density at radius 1 is 1.06 bits per heavy atom. The number of nitrogens with one attached hydrogen (secondary N) is 4. The van der Waals surface area contributed by atoms with Crippen molar-refractivity contribution in [3.63, 3.8) is 0 Å². The topological polar surface area (TPSA) is 109 Å². The molecule has 4 N–H and O–H groups in total. The summed E-state index contributed by atoms with van der Waals surface area (Å²) in [7, 11) is 1.73. The Labute approximate surface area is 209 Å². The second kappa shape index (κ2) is 13.3. The molecule has 2 aliphatic rings. The SMILES string of the molecule is CC[C@H](C)[C@@H](NC)C(=O)NC1C(=O)N[C@@H](CC(C)C)C(=O)NC=Cc2ccc(cc2)O[C@@H]1C(C)C. The highest BCUT2D eigenvalue weighted by molar-refractivity contribution is 5.94. The first-order chi connectivity index (χ1) is 16.6. The standard InChI is InChI=1S/C27H42N4O4/c1-8-18(6)22(28-7)26(33)31-23-24(17(4)5)35-20-11-9-19(10-12-20)13-14-29-25(32)21(15-16(2)3)30-27(23)34/h9-14,16-18,21-24,28H,8,15H2,1-7H3,(H,29,32)(H,30,34)(H,31,33)/t18-,21-,22+,23?,24+/m0/s1. The van der Waals surface area contributed by atoms with Crippen molar-refractivity contribution in [1.29, 1.82) is 0 Å². The van der Waals surface area contributed by atoms with Crippen LogP contribution in [0.4, 0.5) is 0 Å². The summed E-state index contributed by atoms with van der Waals surface area (Å²) < 4.78 is 6.28. The van der Waals surface area contributed by atoms with E-state index in [9.17, 15) is 14.4 Å². The summed E-state index contributed by atoms with van der Waals surface area (Å²) >= 11 is 0. The van der Waals surface area contributed by atoms with Crippen molar-refractivity contribution in [3.05, 3.63) is 36.0 Å². The van der Waals surface area contributed by atoms with Gasteiger partial charge in [0.1, 0.15) is 23.9 Å². The summed E-state index contributed by atoms with van der Waals surface area (Å²) in [5.41, 5.74) is 0.899. The molecule has 8 nitrogen and oxygen atoms in total. The first-order valence-electron chi connectivity index (χ1n) is 12.6. The minimum absolute atomic E-state index is 0.0683. The molecule has 0 fully saturated rings. The van der Waals surface area contributed by atoms with Crippen molar-refractivity contribution < 1.29 is 19.1 Å². The average Bonchev–Trinajstić information content (AvgIpc) is 2.80. The Kier molecular flexibility index (Phi) is 10.8. The maximum atomic E-state index is 13.7. The van der Waals surface area contributed by atoms with E-state index in [-0.39, 0.29) is 29.6 Å². The molecular weight excluding hydrogens is 444 g/mol. The van der Waals surface area contributed by atoms with Gasteiger partial charge in [-0.15, -0.1) is 0 Å². The van der Waals surface area contributed by atoms with Crippen LogP contribution in [0, 0.1) is 17.8 Å². The lowest BCUT2D eigenvalue weighted by Crippen LogP contribution is -2.62. The van der Waals surface area contributed by atoms with E-state index >= 15 is 0 Å². The maximum Gasteiger partial charge on any atom is 0.247 e. The normalized spacial score (nSPS) is 22.7. The number of hydrogen-bond acceptors (Lipinski definition) is 5. The largest absolute Gasteiger partial charge is 0.487 e. The van der Waals surface area contributed by atoms with Gasteiger partial charge in [-0.1, -0.05) is 60.1 Å². The molecule has 1 aromatic rings. The third kappa shape index (κ3) is 8.09. The van der Waals surface area contributed by atoms with Gasteiger partial charge in [-0.25, -0.2) is 0 Å². The van der Waals surface area contributed by atoms with Crippen LogP contribution in [0.3, 0.4) is 0 Å². The fourth-order valence-electron chi connectivity index (χ4n) is 4.14. The Bertz CT molecular complexity index is 882. The third-order valence-corrected chi connectivity index (χ3v) is 6.37. The van der Waals surface area contributed by atoms with Gasteiger partial charge in [0, 0.05) is 6.20 Å². The van der Waals surface area contributed by atoms with E-state index in [0.29, 0.717) is 12.2 Å². The molecule has 1 unspecified atom stereocenters. The highest BCUT2D eigenvalue weighted by Gasteiger charge is 2.38. The molecule has 0 saturated carbocycles. The van der Waals surface area contributed by atoms with Crippen LogP contribution >= 0.6 is 0 Å². The van der Waals surface area contributed by atoms with Crippen LogP contribution in [-0.2, 0) is 14.4 Å². The number of ether oxygens (including phenoxy) is 1. The third-order valence-electron chi connectivity index (χ3n) is 6.37. The number of likely N-dealkylation sites (N-methyl/N-ethyl adjacent to an activating group) is 1. The van der Waals surface area contributed by atoms with Crippen LogP contribution in [0.25, 0.3) is 6.08 Å². The van der Waals surface area contributed by atoms with Crippen molar-refractivity contribution in [1.82, 2.24) is 21.3 Å². The zero-order chi connectivity index (χ0) is 26.1. The van der Waals surface area contributed by atoms with Gasteiger partial charge in [-0.05, 0) is 55.0 Å². The summed E-state index contributed by atoms with van der Waals surface area (Å²) in [6, 6.07) is 5.17. The van der Waals surface area contributed by atoms with Crippen LogP contribution in [0.2, 0.25) is 0 Å². The minimum atomic E-state index is -0.997. The fourth-order valence-corrected chi connectivity index (χ4v) is 4.14. The molecule has 5 atom stereocenters. The average molecular weight is 487 g/mol. The highest BCUT2D eigenvalue weighted by Crippen LogP contribution is 2.21. The zero-order valence-corrected chi connectivity index (χ0v) is 22.1. The van der Waals surface area contributed by atoms with Crippen molar-refractivity contribution >= 4 is 23.8 Å². The van der Waals surface area contributed by atoms with Crippen LogP contribution in [-0.4, -0.2) is 49.0 Å². The monoisotopic (exact) mass is 486 g/mol. The Morgan fingerprint density at radius 2 is 1.71 bits per heavy atom.